The van der Waals surface area contributed by atoms with E-state index in [0.717, 1.165) is 22.1 Å². The van der Waals surface area contributed by atoms with Crippen LogP contribution in [0.5, 0.6) is 5.75 Å². The van der Waals surface area contributed by atoms with Crippen LogP contribution in [-0.4, -0.2) is 11.0 Å². The number of carbonyl (C=O) groups excluding carboxylic acids is 1. The highest BCUT2D eigenvalue weighted by Gasteiger charge is 2.12. The third-order valence-corrected chi connectivity index (χ3v) is 5.31. The topological polar surface area (TPSA) is 74.0 Å². The van der Waals surface area contributed by atoms with Crippen LogP contribution in [0.2, 0.25) is 0 Å². The molecule has 0 spiro atoms. The zero-order valence-corrected chi connectivity index (χ0v) is 18.0. The number of nitrogens with one attached hydrogen (secondary N) is 1. The van der Waals surface area contributed by atoms with Crippen LogP contribution in [-0.2, 0) is 0 Å². The second kappa shape index (κ2) is 8.86. The van der Waals surface area contributed by atoms with Gasteiger partial charge in [0, 0.05) is 16.6 Å². The van der Waals surface area contributed by atoms with Gasteiger partial charge in [0.1, 0.15) is 5.69 Å². The largest absolute Gasteiger partial charge is 0.505 e. The second-order valence-corrected chi connectivity index (χ2v) is 7.59. The van der Waals surface area contributed by atoms with Crippen molar-refractivity contribution in [2.75, 3.05) is 5.32 Å². The SMILES string of the molecule is C=Cc1ccc(N=Nc2c(C)cc3cc(NC(=O)c4ccccc4)ccc3c2O)cc1C. The monoisotopic (exact) mass is 421 g/mol. The Bertz CT molecular complexity index is 1360. The zero-order chi connectivity index (χ0) is 22.7. The van der Waals surface area contributed by atoms with Crippen LogP contribution in [0.25, 0.3) is 16.8 Å². The van der Waals surface area contributed by atoms with E-state index < -0.39 is 0 Å². The molecule has 158 valence electrons. The molecule has 0 saturated heterocycles. The lowest BCUT2D eigenvalue weighted by Gasteiger charge is -2.10. The summed E-state index contributed by atoms with van der Waals surface area (Å²) >= 11 is 0. The smallest absolute Gasteiger partial charge is 0.255 e. The van der Waals surface area contributed by atoms with Crippen LogP contribution in [0, 0.1) is 13.8 Å². The van der Waals surface area contributed by atoms with Gasteiger partial charge in [-0.25, -0.2) is 0 Å². The molecule has 2 N–H and O–H groups in total. The van der Waals surface area contributed by atoms with Crippen molar-refractivity contribution in [3.05, 3.63) is 102 Å². The molecule has 4 aromatic rings. The third-order valence-electron chi connectivity index (χ3n) is 5.31. The minimum absolute atomic E-state index is 0.0594. The Labute approximate surface area is 186 Å². The van der Waals surface area contributed by atoms with Gasteiger partial charge in [-0.1, -0.05) is 36.9 Å². The molecule has 0 bridgehead atoms. The van der Waals surface area contributed by atoms with Crippen molar-refractivity contribution in [1.29, 1.82) is 0 Å². The highest BCUT2D eigenvalue weighted by atomic mass is 16.3. The van der Waals surface area contributed by atoms with Crippen molar-refractivity contribution in [2.45, 2.75) is 13.8 Å². The van der Waals surface area contributed by atoms with Gasteiger partial charge in [-0.3, -0.25) is 4.79 Å². The van der Waals surface area contributed by atoms with Crippen molar-refractivity contribution in [1.82, 2.24) is 0 Å². The van der Waals surface area contributed by atoms with Gasteiger partial charge in [0.15, 0.2) is 5.75 Å². The van der Waals surface area contributed by atoms with E-state index in [4.69, 9.17) is 0 Å². The van der Waals surface area contributed by atoms with E-state index in [0.29, 0.717) is 28.0 Å². The number of benzene rings is 4. The first-order valence-electron chi connectivity index (χ1n) is 10.2. The molecule has 5 nitrogen and oxygen atoms in total. The number of carbonyl (C=O) groups is 1. The molecule has 0 heterocycles. The van der Waals surface area contributed by atoms with Crippen molar-refractivity contribution in [3.63, 3.8) is 0 Å². The lowest BCUT2D eigenvalue weighted by Crippen LogP contribution is -2.11. The van der Waals surface area contributed by atoms with E-state index in [2.05, 4.69) is 22.1 Å². The Hall–Kier alpha value is -4.25. The third kappa shape index (κ3) is 4.27. The van der Waals surface area contributed by atoms with Gasteiger partial charge in [0.25, 0.3) is 5.91 Å². The van der Waals surface area contributed by atoms with Gasteiger partial charge < -0.3 is 10.4 Å². The first-order chi connectivity index (χ1) is 15.5. The maximum absolute atomic E-state index is 12.4. The summed E-state index contributed by atoms with van der Waals surface area (Å²) in [5.74, 6) is -0.127. The van der Waals surface area contributed by atoms with E-state index in [1.54, 1.807) is 30.3 Å². The average Bonchev–Trinajstić information content (AvgIpc) is 2.79. The molecule has 0 aliphatic carbocycles. The van der Waals surface area contributed by atoms with Gasteiger partial charge in [0.05, 0.1) is 5.69 Å². The Balaban J connectivity index is 1.63. The lowest BCUT2D eigenvalue weighted by atomic mass is 10.0. The number of rotatable bonds is 5. The van der Waals surface area contributed by atoms with Gasteiger partial charge in [-0.2, -0.15) is 5.11 Å². The molecular weight excluding hydrogens is 398 g/mol. The van der Waals surface area contributed by atoms with E-state index in [1.807, 2.05) is 62.4 Å². The predicted molar refractivity (Wildman–Crippen MR) is 130 cm³/mol. The number of phenolic OH excluding ortho intramolecular Hbond substituents is 1. The summed E-state index contributed by atoms with van der Waals surface area (Å²) in [6, 6.07) is 22.0. The Morgan fingerprint density at radius 1 is 0.938 bits per heavy atom. The fourth-order valence-electron chi connectivity index (χ4n) is 3.57. The number of anilines is 1. The highest BCUT2D eigenvalue weighted by Crippen LogP contribution is 2.39. The van der Waals surface area contributed by atoms with E-state index >= 15 is 0 Å². The van der Waals surface area contributed by atoms with Crippen LogP contribution in [0.15, 0.2) is 89.6 Å². The number of amides is 1. The molecule has 1 amide bonds. The maximum Gasteiger partial charge on any atom is 0.255 e. The molecule has 0 aliphatic rings. The molecule has 0 aliphatic heterocycles. The van der Waals surface area contributed by atoms with E-state index in [1.165, 1.54) is 0 Å². The maximum atomic E-state index is 12.4. The first-order valence-corrected chi connectivity index (χ1v) is 10.2. The Kier molecular flexibility index (Phi) is 5.81. The summed E-state index contributed by atoms with van der Waals surface area (Å²) < 4.78 is 0. The summed E-state index contributed by atoms with van der Waals surface area (Å²) in [6.07, 6.45) is 1.80. The number of aromatic hydroxyl groups is 1. The normalized spacial score (nSPS) is 11.1. The molecule has 0 fully saturated rings. The van der Waals surface area contributed by atoms with Crippen molar-refractivity contribution >= 4 is 39.8 Å². The van der Waals surface area contributed by atoms with Gasteiger partial charge in [0.2, 0.25) is 0 Å². The minimum atomic E-state index is -0.186. The number of aryl methyl sites for hydroxylation is 2. The summed E-state index contributed by atoms with van der Waals surface area (Å²) in [6.45, 7) is 7.65. The minimum Gasteiger partial charge on any atom is -0.505 e. The van der Waals surface area contributed by atoms with Crippen molar-refractivity contribution < 1.29 is 9.90 Å². The summed E-state index contributed by atoms with van der Waals surface area (Å²) in [4.78, 5) is 12.4. The molecular formula is C27H23N3O2. The van der Waals surface area contributed by atoms with Crippen LogP contribution < -0.4 is 5.32 Å². The zero-order valence-electron chi connectivity index (χ0n) is 18.0. The van der Waals surface area contributed by atoms with Crippen LogP contribution in [0.3, 0.4) is 0 Å². The Morgan fingerprint density at radius 2 is 1.72 bits per heavy atom. The molecule has 0 radical (unpaired) electrons. The lowest BCUT2D eigenvalue weighted by molar-refractivity contribution is 0.102. The fraction of sp³-hybridized carbons (Fsp3) is 0.0741. The van der Waals surface area contributed by atoms with Crippen LogP contribution in [0.4, 0.5) is 17.1 Å². The standard InChI is InChI=1S/C27H23N3O2/c1-4-19-10-11-23(15-17(19)2)29-30-25-18(3)14-21-16-22(12-13-24(21)26(25)31)28-27(32)20-8-6-5-7-9-20/h4-16,31H,1H2,2-3H3,(H,28,32). The van der Waals surface area contributed by atoms with Gasteiger partial charge in [-0.05, 0) is 84.5 Å². The number of phenols is 1. The quantitative estimate of drug-likeness (QED) is 0.328. The summed E-state index contributed by atoms with van der Waals surface area (Å²) in [5.41, 5.74) is 5.24. The molecule has 0 aromatic heterocycles. The van der Waals surface area contributed by atoms with Crippen molar-refractivity contribution in [3.8, 4) is 5.75 Å². The molecule has 0 atom stereocenters. The van der Waals surface area contributed by atoms with Gasteiger partial charge in [-0.15, -0.1) is 5.11 Å². The number of fused-ring (bicyclic) bond motifs is 1. The molecule has 5 heteroatoms. The molecule has 4 rings (SSSR count). The van der Waals surface area contributed by atoms with E-state index in [-0.39, 0.29) is 11.7 Å². The molecule has 4 aromatic carbocycles. The fourth-order valence-corrected chi connectivity index (χ4v) is 3.57. The highest BCUT2D eigenvalue weighted by molar-refractivity contribution is 6.05. The number of hydrogen-bond donors (Lipinski definition) is 2. The molecule has 0 unspecified atom stereocenters. The van der Waals surface area contributed by atoms with Crippen LogP contribution >= 0.6 is 0 Å². The van der Waals surface area contributed by atoms with Gasteiger partial charge >= 0.3 is 0 Å². The summed E-state index contributed by atoms with van der Waals surface area (Å²) in [5, 5.41) is 23.8. The molecule has 0 saturated carbocycles. The van der Waals surface area contributed by atoms with E-state index in [9.17, 15) is 9.90 Å². The predicted octanol–water partition coefficient (Wildman–Crippen LogP) is 7.47. The Morgan fingerprint density at radius 3 is 2.44 bits per heavy atom. The second-order valence-electron chi connectivity index (χ2n) is 7.59. The summed E-state index contributed by atoms with van der Waals surface area (Å²) in [7, 11) is 0. The molecule has 32 heavy (non-hydrogen) atoms. The number of azo groups is 1. The van der Waals surface area contributed by atoms with Crippen molar-refractivity contribution in [2.24, 2.45) is 10.2 Å². The number of nitrogens with zero attached hydrogens (tertiary/aromatic N) is 2. The average molecular weight is 422 g/mol. The van der Waals surface area contributed by atoms with Crippen LogP contribution in [0.1, 0.15) is 27.0 Å². The first kappa shape index (κ1) is 21.0. The number of hydrogen-bond acceptors (Lipinski definition) is 4.